The minimum Gasteiger partial charge on any atom is -0.343 e. The van der Waals surface area contributed by atoms with Gasteiger partial charge in [-0.15, -0.1) is 11.8 Å². The van der Waals surface area contributed by atoms with E-state index >= 15 is 0 Å². The third kappa shape index (κ3) is 2.23. The van der Waals surface area contributed by atoms with Crippen LogP contribution < -0.4 is 11.2 Å². The molecular formula is C13H18N2O4S. The van der Waals surface area contributed by atoms with E-state index in [4.69, 9.17) is 9.47 Å². The summed E-state index contributed by atoms with van der Waals surface area (Å²) < 4.78 is 13.5. The van der Waals surface area contributed by atoms with Crippen LogP contribution in [0.25, 0.3) is 0 Å². The van der Waals surface area contributed by atoms with Crippen LogP contribution in [0.3, 0.4) is 0 Å². The Kier molecular flexibility index (Phi) is 3.30. The van der Waals surface area contributed by atoms with Gasteiger partial charge in [-0.25, -0.2) is 4.79 Å². The smallest absolute Gasteiger partial charge is 0.329 e. The van der Waals surface area contributed by atoms with E-state index < -0.39 is 11.5 Å². The van der Waals surface area contributed by atoms with Crippen LogP contribution >= 0.6 is 11.8 Å². The van der Waals surface area contributed by atoms with Crippen LogP contribution in [0.15, 0.2) is 21.9 Å². The predicted octanol–water partition coefficient (Wildman–Crippen LogP) is 1.08. The van der Waals surface area contributed by atoms with Crippen LogP contribution in [0.2, 0.25) is 0 Å². The lowest BCUT2D eigenvalue weighted by molar-refractivity contribution is -0.148. The molecule has 2 aliphatic heterocycles. The summed E-state index contributed by atoms with van der Waals surface area (Å²) in [6.07, 6.45) is 2.27. The fraction of sp³-hybridized carbons (Fsp3) is 0.692. The maximum atomic E-state index is 12.0. The van der Waals surface area contributed by atoms with Gasteiger partial charge >= 0.3 is 5.69 Å². The van der Waals surface area contributed by atoms with E-state index in [0.29, 0.717) is 0 Å². The first kappa shape index (κ1) is 13.9. The Labute approximate surface area is 120 Å². The van der Waals surface area contributed by atoms with Crippen LogP contribution in [0, 0.1) is 0 Å². The van der Waals surface area contributed by atoms with Crippen molar-refractivity contribution in [2.45, 2.75) is 55.8 Å². The first-order valence-electron chi connectivity index (χ1n) is 6.74. The average Bonchev–Trinajstić information content (AvgIpc) is 2.83. The monoisotopic (exact) mass is 298 g/mol. The number of H-pyrrole nitrogens is 1. The number of aromatic nitrogens is 2. The van der Waals surface area contributed by atoms with E-state index in [2.05, 4.69) is 11.9 Å². The molecule has 0 spiro atoms. The Bertz CT molecular complexity index is 623. The van der Waals surface area contributed by atoms with Gasteiger partial charge in [-0.05, 0) is 20.3 Å². The number of fused-ring (bicyclic) bond motifs is 1. The Morgan fingerprint density at radius 3 is 2.70 bits per heavy atom. The number of hydrogen-bond donors (Lipinski definition) is 1. The highest BCUT2D eigenvalue weighted by atomic mass is 32.2. The minimum absolute atomic E-state index is 0.0242. The second kappa shape index (κ2) is 4.75. The normalized spacial score (nSPS) is 35.1. The predicted molar refractivity (Wildman–Crippen MR) is 75.9 cm³/mol. The van der Waals surface area contributed by atoms with Crippen LogP contribution in [-0.2, 0) is 9.47 Å². The zero-order chi connectivity index (χ0) is 14.5. The summed E-state index contributed by atoms with van der Waals surface area (Å²) in [4.78, 5) is 25.4. The lowest BCUT2D eigenvalue weighted by Gasteiger charge is -2.23. The second-order valence-corrected chi connectivity index (χ2v) is 6.92. The Morgan fingerprint density at radius 1 is 1.35 bits per heavy atom. The zero-order valence-corrected chi connectivity index (χ0v) is 12.5. The van der Waals surface area contributed by atoms with E-state index in [0.717, 1.165) is 6.42 Å². The zero-order valence-electron chi connectivity index (χ0n) is 11.7. The van der Waals surface area contributed by atoms with Crippen LogP contribution in [-0.4, -0.2) is 32.8 Å². The number of ether oxygens (including phenoxy) is 2. The molecule has 0 unspecified atom stereocenters. The molecule has 2 saturated heterocycles. The Morgan fingerprint density at radius 2 is 2.05 bits per heavy atom. The van der Waals surface area contributed by atoms with Crippen molar-refractivity contribution in [2.24, 2.45) is 0 Å². The third-order valence-electron chi connectivity index (χ3n) is 3.65. The van der Waals surface area contributed by atoms with Crippen LogP contribution in [0.1, 0.15) is 32.6 Å². The average molecular weight is 298 g/mol. The number of hydrogen-bond acceptors (Lipinski definition) is 5. The molecule has 0 amide bonds. The van der Waals surface area contributed by atoms with Crippen LogP contribution in [0.4, 0.5) is 0 Å². The highest BCUT2D eigenvalue weighted by Crippen LogP contribution is 2.51. The molecule has 110 valence electrons. The topological polar surface area (TPSA) is 73.3 Å². The van der Waals surface area contributed by atoms with Crippen molar-refractivity contribution in [3.8, 4) is 0 Å². The number of thioether (sulfide) groups is 1. The van der Waals surface area contributed by atoms with E-state index in [9.17, 15) is 9.59 Å². The van der Waals surface area contributed by atoms with Gasteiger partial charge in [0.1, 0.15) is 17.6 Å². The van der Waals surface area contributed by atoms with Gasteiger partial charge in [0, 0.05) is 17.5 Å². The van der Waals surface area contributed by atoms with Crippen molar-refractivity contribution < 1.29 is 9.47 Å². The molecule has 20 heavy (non-hydrogen) atoms. The summed E-state index contributed by atoms with van der Waals surface area (Å²) in [5.74, 6) is -0.631. The van der Waals surface area contributed by atoms with Crippen molar-refractivity contribution in [1.29, 1.82) is 0 Å². The van der Waals surface area contributed by atoms with E-state index in [1.165, 1.54) is 16.8 Å². The van der Waals surface area contributed by atoms with Gasteiger partial charge in [0.2, 0.25) is 0 Å². The van der Waals surface area contributed by atoms with Gasteiger partial charge in [-0.1, -0.05) is 6.92 Å². The highest BCUT2D eigenvalue weighted by Gasteiger charge is 2.54. The summed E-state index contributed by atoms with van der Waals surface area (Å²) in [7, 11) is 0. The van der Waals surface area contributed by atoms with Gasteiger partial charge in [0.25, 0.3) is 5.56 Å². The molecule has 3 rings (SSSR count). The first-order valence-corrected chi connectivity index (χ1v) is 7.68. The molecule has 1 aromatic rings. The molecule has 2 fully saturated rings. The molecule has 0 aromatic carbocycles. The van der Waals surface area contributed by atoms with Crippen molar-refractivity contribution in [2.75, 3.05) is 0 Å². The minimum atomic E-state index is -0.631. The quantitative estimate of drug-likeness (QED) is 0.884. The van der Waals surface area contributed by atoms with Crippen molar-refractivity contribution in [3.05, 3.63) is 33.1 Å². The molecule has 0 saturated carbocycles. The van der Waals surface area contributed by atoms with Gasteiger partial charge in [-0.2, -0.15) is 0 Å². The van der Waals surface area contributed by atoms with E-state index in [-0.39, 0.29) is 28.4 Å². The highest BCUT2D eigenvalue weighted by molar-refractivity contribution is 8.00. The van der Waals surface area contributed by atoms with E-state index in [1.807, 2.05) is 13.8 Å². The maximum Gasteiger partial charge on any atom is 0.329 e. The number of rotatable bonds is 2. The van der Waals surface area contributed by atoms with Crippen molar-refractivity contribution in [1.82, 2.24) is 9.55 Å². The third-order valence-corrected chi connectivity index (χ3v) is 5.38. The summed E-state index contributed by atoms with van der Waals surface area (Å²) in [6.45, 7) is 5.87. The molecule has 6 nitrogen and oxygen atoms in total. The second-order valence-electron chi connectivity index (χ2n) is 5.56. The maximum absolute atomic E-state index is 12.0. The molecule has 1 aromatic heterocycles. The molecule has 0 bridgehead atoms. The molecule has 0 aliphatic carbocycles. The van der Waals surface area contributed by atoms with Gasteiger partial charge < -0.3 is 9.47 Å². The molecular weight excluding hydrogens is 280 g/mol. The number of aromatic amines is 1. The molecule has 0 radical (unpaired) electrons. The van der Waals surface area contributed by atoms with Gasteiger partial charge in [-0.3, -0.25) is 14.3 Å². The Balaban J connectivity index is 1.98. The molecule has 4 atom stereocenters. The van der Waals surface area contributed by atoms with Crippen molar-refractivity contribution in [3.63, 3.8) is 0 Å². The van der Waals surface area contributed by atoms with E-state index in [1.54, 1.807) is 11.8 Å². The SMILES string of the molecule is CC[C@H]1S[C@@H](n2ccc(=O)[nH]c2=O)[C@@H]2OC(C)(C)O[C@@H]21. The largest absolute Gasteiger partial charge is 0.343 e. The first-order chi connectivity index (χ1) is 9.41. The summed E-state index contributed by atoms with van der Waals surface area (Å²) in [6, 6.07) is 1.36. The molecule has 3 heterocycles. The van der Waals surface area contributed by atoms with Gasteiger partial charge in [0.15, 0.2) is 5.79 Å². The standard InChI is InChI=1S/C13H18N2O4S/c1-4-7-9-10(19-13(2,3)18-9)11(20-7)15-6-5-8(16)14-12(15)17/h5-7,9-11H,4H2,1-3H3,(H,14,16,17)/t7-,9-,10-,11-/m1/s1. The number of nitrogens with one attached hydrogen (secondary N) is 1. The van der Waals surface area contributed by atoms with Crippen LogP contribution in [0.5, 0.6) is 0 Å². The summed E-state index contributed by atoms with van der Waals surface area (Å²) in [5.41, 5.74) is -0.791. The molecule has 2 aliphatic rings. The lowest BCUT2D eigenvalue weighted by Crippen LogP contribution is -2.36. The number of nitrogens with zero attached hydrogens (tertiary/aromatic N) is 1. The summed E-state index contributed by atoms with van der Waals surface area (Å²) >= 11 is 1.67. The lowest BCUT2D eigenvalue weighted by atomic mass is 10.1. The fourth-order valence-corrected chi connectivity index (χ4v) is 4.42. The molecule has 7 heteroatoms. The van der Waals surface area contributed by atoms with Gasteiger partial charge in [0.05, 0.1) is 0 Å². The summed E-state index contributed by atoms with van der Waals surface area (Å²) in [5, 5.41) is 0.113. The van der Waals surface area contributed by atoms with Crippen molar-refractivity contribution >= 4 is 11.8 Å². The molecule has 1 N–H and O–H groups in total. The Hall–Kier alpha value is -1.05. The fourth-order valence-electron chi connectivity index (χ4n) is 2.84.